The average Bonchev–Trinajstić information content (AvgIpc) is 2.35. The molecule has 0 aromatic carbocycles. The van der Waals surface area contributed by atoms with Crippen LogP contribution in [0.1, 0.15) is 12.8 Å². The van der Waals surface area contributed by atoms with Gasteiger partial charge in [-0.25, -0.2) is 4.21 Å². The third kappa shape index (κ3) is 3.18. The van der Waals surface area contributed by atoms with Crippen LogP contribution >= 0.6 is 0 Å². The van der Waals surface area contributed by atoms with Crippen LogP contribution in [0.15, 0.2) is 0 Å². The van der Waals surface area contributed by atoms with Gasteiger partial charge in [0.1, 0.15) is 13.2 Å². The Morgan fingerprint density at radius 2 is 2.08 bits per heavy atom. The highest BCUT2D eigenvalue weighted by molar-refractivity contribution is 7.74. The molecule has 0 aliphatic carbocycles. The molecule has 1 heterocycles. The SMILES string of the molecule is C[N+]1(CCOS(=O)[O-])CCCC1. The zero-order valence-corrected chi connectivity index (χ0v) is 8.14. The first-order chi connectivity index (χ1) is 5.62. The van der Waals surface area contributed by atoms with E-state index in [-0.39, 0.29) is 0 Å². The van der Waals surface area contributed by atoms with Crippen LogP contribution in [0.4, 0.5) is 0 Å². The molecule has 1 saturated heterocycles. The highest BCUT2D eigenvalue weighted by Crippen LogP contribution is 2.15. The first-order valence-electron chi connectivity index (χ1n) is 4.18. The van der Waals surface area contributed by atoms with Gasteiger partial charge in [-0.2, -0.15) is 0 Å². The largest absolute Gasteiger partial charge is 0.750 e. The maximum absolute atomic E-state index is 10.0. The zero-order valence-electron chi connectivity index (χ0n) is 7.32. The Morgan fingerprint density at radius 3 is 2.58 bits per heavy atom. The first kappa shape index (κ1) is 10.1. The molecular formula is C7H15NO3S. The number of likely N-dealkylation sites (N-methyl/N-ethyl adjacent to an activating group) is 1. The van der Waals surface area contributed by atoms with E-state index in [1.165, 1.54) is 12.8 Å². The van der Waals surface area contributed by atoms with Crippen LogP contribution in [0.3, 0.4) is 0 Å². The number of rotatable bonds is 4. The first-order valence-corrected chi connectivity index (χ1v) is 5.18. The Hall–Kier alpha value is 0.0300. The van der Waals surface area contributed by atoms with Crippen molar-refractivity contribution in [3.8, 4) is 0 Å². The van der Waals surface area contributed by atoms with Crippen LogP contribution in [-0.2, 0) is 15.5 Å². The molecule has 0 saturated carbocycles. The van der Waals surface area contributed by atoms with E-state index >= 15 is 0 Å². The van der Waals surface area contributed by atoms with Gasteiger partial charge in [0.25, 0.3) is 0 Å². The summed E-state index contributed by atoms with van der Waals surface area (Å²) in [4.78, 5) is 0. The van der Waals surface area contributed by atoms with Crippen molar-refractivity contribution >= 4 is 11.4 Å². The molecule has 0 N–H and O–H groups in total. The predicted octanol–water partition coefficient (Wildman–Crippen LogP) is 0.0375. The van der Waals surface area contributed by atoms with E-state index < -0.39 is 11.4 Å². The van der Waals surface area contributed by atoms with E-state index in [9.17, 15) is 8.76 Å². The maximum Gasteiger partial charge on any atom is 0.112 e. The van der Waals surface area contributed by atoms with Gasteiger partial charge < -0.3 is 9.04 Å². The van der Waals surface area contributed by atoms with Crippen molar-refractivity contribution in [2.75, 3.05) is 33.3 Å². The van der Waals surface area contributed by atoms with E-state index in [1.54, 1.807) is 0 Å². The smallest absolute Gasteiger partial charge is 0.112 e. The molecule has 1 aliphatic heterocycles. The van der Waals surface area contributed by atoms with Crippen LogP contribution in [0.5, 0.6) is 0 Å². The summed E-state index contributed by atoms with van der Waals surface area (Å²) in [7, 11) is 2.14. The van der Waals surface area contributed by atoms with E-state index in [2.05, 4.69) is 11.2 Å². The second-order valence-corrected chi connectivity index (χ2v) is 4.17. The molecule has 0 spiro atoms. The summed E-state index contributed by atoms with van der Waals surface area (Å²) in [5.41, 5.74) is 0. The van der Waals surface area contributed by atoms with Crippen molar-refractivity contribution in [1.82, 2.24) is 0 Å². The molecule has 1 atom stereocenters. The Balaban J connectivity index is 2.17. The highest BCUT2D eigenvalue weighted by Gasteiger charge is 2.25. The van der Waals surface area contributed by atoms with Gasteiger partial charge in [0.2, 0.25) is 0 Å². The van der Waals surface area contributed by atoms with Gasteiger partial charge >= 0.3 is 0 Å². The summed E-state index contributed by atoms with van der Waals surface area (Å²) in [5.74, 6) is 0. The van der Waals surface area contributed by atoms with Crippen LogP contribution in [0, 0.1) is 0 Å². The summed E-state index contributed by atoms with van der Waals surface area (Å²) in [6.45, 7) is 3.41. The lowest BCUT2D eigenvalue weighted by Crippen LogP contribution is -2.43. The number of nitrogens with zero attached hydrogens (tertiary/aromatic N) is 1. The van der Waals surface area contributed by atoms with Gasteiger partial charge in [-0.15, -0.1) is 0 Å². The quantitative estimate of drug-likeness (QED) is 0.468. The summed E-state index contributed by atoms with van der Waals surface area (Å²) in [6.07, 6.45) is 2.49. The van der Waals surface area contributed by atoms with Crippen molar-refractivity contribution < 1.29 is 17.4 Å². The van der Waals surface area contributed by atoms with Crippen LogP contribution < -0.4 is 0 Å². The topological polar surface area (TPSA) is 49.4 Å². The Labute approximate surface area is 75.6 Å². The molecule has 0 radical (unpaired) electrons. The van der Waals surface area contributed by atoms with Gasteiger partial charge in [0.15, 0.2) is 0 Å². The number of likely N-dealkylation sites (tertiary alicyclic amines) is 1. The third-order valence-electron chi connectivity index (χ3n) is 2.46. The van der Waals surface area contributed by atoms with E-state index in [0.29, 0.717) is 6.61 Å². The average molecular weight is 193 g/mol. The molecule has 4 nitrogen and oxygen atoms in total. The molecule has 72 valence electrons. The number of hydrogen-bond acceptors (Lipinski definition) is 3. The van der Waals surface area contributed by atoms with Gasteiger partial charge in [-0.3, -0.25) is 4.18 Å². The molecule has 12 heavy (non-hydrogen) atoms. The minimum atomic E-state index is -2.34. The number of quaternary nitrogens is 1. The molecule has 0 amide bonds. The van der Waals surface area contributed by atoms with Gasteiger partial charge in [0.05, 0.1) is 31.5 Å². The lowest BCUT2D eigenvalue weighted by atomic mass is 10.4. The van der Waals surface area contributed by atoms with Crippen LogP contribution in [0.2, 0.25) is 0 Å². The summed E-state index contributed by atoms with van der Waals surface area (Å²) >= 11 is -2.34. The fourth-order valence-corrected chi connectivity index (χ4v) is 1.86. The van der Waals surface area contributed by atoms with Crippen LogP contribution in [0.25, 0.3) is 0 Å². The summed E-state index contributed by atoms with van der Waals surface area (Å²) in [5, 5.41) is 0. The van der Waals surface area contributed by atoms with Gasteiger partial charge in [0, 0.05) is 12.8 Å². The summed E-state index contributed by atoms with van der Waals surface area (Å²) in [6, 6.07) is 0. The minimum absolute atomic E-state index is 0.312. The molecule has 1 rings (SSSR count). The van der Waals surface area contributed by atoms with Crippen molar-refractivity contribution in [3.05, 3.63) is 0 Å². The van der Waals surface area contributed by atoms with Gasteiger partial charge in [-0.05, 0) is 0 Å². The van der Waals surface area contributed by atoms with Crippen molar-refractivity contribution in [2.45, 2.75) is 12.8 Å². The standard InChI is InChI=1S/C7H15NO3S/c1-8(4-2-3-5-8)6-7-11-12(9)10/h2-7H2,1H3. The van der Waals surface area contributed by atoms with E-state index in [0.717, 1.165) is 24.1 Å². The second kappa shape index (κ2) is 4.32. The zero-order chi connectivity index (χ0) is 9.03. The lowest BCUT2D eigenvalue weighted by Gasteiger charge is -2.28. The van der Waals surface area contributed by atoms with Gasteiger partial charge in [-0.1, -0.05) is 0 Å². The van der Waals surface area contributed by atoms with E-state index in [4.69, 9.17) is 0 Å². The van der Waals surface area contributed by atoms with E-state index in [1.807, 2.05) is 0 Å². The molecule has 0 aromatic rings. The lowest BCUT2D eigenvalue weighted by molar-refractivity contribution is -0.897. The fraction of sp³-hybridized carbons (Fsp3) is 1.00. The normalized spacial score (nSPS) is 24.2. The number of hydrogen-bond donors (Lipinski definition) is 0. The predicted molar refractivity (Wildman–Crippen MR) is 44.9 cm³/mol. The molecule has 0 aromatic heterocycles. The maximum atomic E-state index is 10.0. The molecule has 1 fully saturated rings. The third-order valence-corrected chi connectivity index (χ3v) is 2.82. The Kier molecular flexibility index (Phi) is 3.64. The summed E-state index contributed by atoms with van der Waals surface area (Å²) < 4.78 is 25.5. The van der Waals surface area contributed by atoms with Crippen molar-refractivity contribution in [2.24, 2.45) is 0 Å². The van der Waals surface area contributed by atoms with Crippen LogP contribution in [-0.4, -0.2) is 46.5 Å². The Bertz CT molecular complexity index is 168. The molecular weight excluding hydrogens is 178 g/mol. The molecule has 5 heteroatoms. The van der Waals surface area contributed by atoms with Crippen molar-refractivity contribution in [1.29, 1.82) is 0 Å². The Morgan fingerprint density at radius 1 is 1.50 bits per heavy atom. The van der Waals surface area contributed by atoms with Crippen molar-refractivity contribution in [3.63, 3.8) is 0 Å². The monoisotopic (exact) mass is 193 g/mol. The minimum Gasteiger partial charge on any atom is -0.750 e. The molecule has 0 bridgehead atoms. The second-order valence-electron chi connectivity index (χ2n) is 3.52. The fourth-order valence-electron chi connectivity index (χ4n) is 1.65. The highest BCUT2D eigenvalue weighted by atomic mass is 32.2. The molecule has 1 aliphatic rings. The molecule has 1 unspecified atom stereocenters.